The van der Waals surface area contributed by atoms with E-state index in [0.717, 1.165) is 4.90 Å². The Kier molecular flexibility index (Phi) is 7.70. The summed E-state index contributed by atoms with van der Waals surface area (Å²) in [7, 11) is 0. The van der Waals surface area contributed by atoms with E-state index in [4.69, 9.17) is 4.74 Å². The van der Waals surface area contributed by atoms with Crippen LogP contribution in [0.15, 0.2) is 29.2 Å². The zero-order chi connectivity index (χ0) is 18.2. The molecule has 1 rings (SSSR count). The van der Waals surface area contributed by atoms with Gasteiger partial charge in [0.2, 0.25) is 0 Å². The molecule has 1 aromatic rings. The van der Waals surface area contributed by atoms with Crippen molar-refractivity contribution in [1.82, 2.24) is 10.6 Å². The monoisotopic (exact) mass is 356 g/mol. The van der Waals surface area contributed by atoms with E-state index in [2.05, 4.69) is 10.6 Å². The van der Waals surface area contributed by atoms with Crippen LogP contribution in [0.5, 0.6) is 0 Å². The highest BCUT2D eigenvalue weighted by atomic mass is 32.2. The highest BCUT2D eigenvalue weighted by Gasteiger charge is 2.16. The number of esters is 1. The third kappa shape index (κ3) is 9.14. The lowest BCUT2D eigenvalue weighted by Gasteiger charge is -2.20. The summed E-state index contributed by atoms with van der Waals surface area (Å²) in [4.78, 5) is 35.3. The molecule has 8 heteroatoms. The van der Waals surface area contributed by atoms with Crippen LogP contribution < -0.4 is 10.6 Å². The Morgan fingerprint density at radius 2 is 1.79 bits per heavy atom. The molecule has 0 atom stereocenters. The number of thioether (sulfide) groups is 1. The molecule has 0 radical (unpaired) electrons. The highest BCUT2D eigenvalue weighted by molar-refractivity contribution is 7.99. The molecule has 0 saturated heterocycles. The number of amides is 3. The molecular formula is C16H21FN2O4S. The van der Waals surface area contributed by atoms with Crippen molar-refractivity contribution in [3.05, 3.63) is 30.1 Å². The smallest absolute Gasteiger partial charge is 0.321 e. The summed E-state index contributed by atoms with van der Waals surface area (Å²) in [6.07, 6.45) is 0.101. The molecule has 0 spiro atoms. The summed E-state index contributed by atoms with van der Waals surface area (Å²) in [6, 6.07) is 5.27. The Morgan fingerprint density at radius 3 is 2.38 bits per heavy atom. The Bertz CT molecular complexity index is 585. The van der Waals surface area contributed by atoms with E-state index in [9.17, 15) is 18.8 Å². The number of nitrogens with one attached hydrogen (secondary N) is 2. The van der Waals surface area contributed by atoms with Crippen LogP contribution in [0.25, 0.3) is 0 Å². The fourth-order valence-electron chi connectivity index (χ4n) is 1.54. The van der Waals surface area contributed by atoms with E-state index >= 15 is 0 Å². The summed E-state index contributed by atoms with van der Waals surface area (Å²) >= 11 is 1.38. The lowest BCUT2D eigenvalue weighted by molar-refractivity contribution is -0.147. The van der Waals surface area contributed by atoms with E-state index in [1.165, 1.54) is 23.9 Å². The van der Waals surface area contributed by atoms with Crippen molar-refractivity contribution in [2.45, 2.75) is 37.6 Å². The van der Waals surface area contributed by atoms with E-state index in [-0.39, 0.29) is 12.2 Å². The van der Waals surface area contributed by atoms with Gasteiger partial charge in [-0.05, 0) is 45.0 Å². The number of hydrogen-bond acceptors (Lipinski definition) is 5. The standard InChI is InChI=1S/C16H21FN2O4S/c1-16(2,3)19-15(22)18-13(20)10-23-14(21)8-9-24-12-6-4-11(17)5-7-12/h4-7H,8-10H2,1-3H3,(H2,18,19,20,22). The van der Waals surface area contributed by atoms with E-state index in [1.807, 2.05) is 0 Å². The van der Waals surface area contributed by atoms with Crippen LogP contribution >= 0.6 is 11.8 Å². The summed E-state index contributed by atoms with van der Waals surface area (Å²) in [5.74, 6) is -1.12. The number of carbonyl (C=O) groups excluding carboxylic acids is 3. The predicted octanol–water partition coefficient (Wildman–Crippen LogP) is 2.48. The van der Waals surface area contributed by atoms with Gasteiger partial charge in [-0.3, -0.25) is 14.9 Å². The second kappa shape index (κ2) is 9.27. The maximum atomic E-state index is 12.7. The second-order valence-corrected chi connectivity index (χ2v) is 7.13. The first-order chi connectivity index (χ1) is 11.2. The number of carbonyl (C=O) groups is 3. The van der Waals surface area contributed by atoms with Crippen LogP contribution in [0.2, 0.25) is 0 Å². The molecule has 1 aromatic carbocycles. The number of rotatable bonds is 6. The van der Waals surface area contributed by atoms with Crippen molar-refractivity contribution in [2.75, 3.05) is 12.4 Å². The van der Waals surface area contributed by atoms with Gasteiger partial charge in [0.25, 0.3) is 5.91 Å². The predicted molar refractivity (Wildman–Crippen MR) is 89.1 cm³/mol. The summed E-state index contributed by atoms with van der Waals surface area (Å²) in [5, 5.41) is 4.62. The van der Waals surface area contributed by atoms with Gasteiger partial charge in [0.05, 0.1) is 6.42 Å². The SMILES string of the molecule is CC(C)(C)NC(=O)NC(=O)COC(=O)CCSc1ccc(F)cc1. The van der Waals surface area contributed by atoms with Crippen molar-refractivity contribution in [1.29, 1.82) is 0 Å². The Hall–Kier alpha value is -2.09. The van der Waals surface area contributed by atoms with Gasteiger partial charge in [-0.15, -0.1) is 11.8 Å². The van der Waals surface area contributed by atoms with Crippen LogP contribution in [0.1, 0.15) is 27.2 Å². The molecule has 0 aliphatic heterocycles. The molecule has 0 bridgehead atoms. The maximum Gasteiger partial charge on any atom is 0.321 e. The molecule has 0 aromatic heterocycles. The molecule has 3 amide bonds. The summed E-state index contributed by atoms with van der Waals surface area (Å²) < 4.78 is 17.5. The van der Waals surface area contributed by atoms with Crippen molar-refractivity contribution in [2.24, 2.45) is 0 Å². The first-order valence-electron chi connectivity index (χ1n) is 7.32. The zero-order valence-electron chi connectivity index (χ0n) is 13.8. The van der Waals surface area contributed by atoms with Gasteiger partial charge in [-0.1, -0.05) is 0 Å². The van der Waals surface area contributed by atoms with Gasteiger partial charge in [-0.2, -0.15) is 0 Å². The molecule has 0 aliphatic carbocycles. The molecular weight excluding hydrogens is 335 g/mol. The zero-order valence-corrected chi connectivity index (χ0v) is 14.7. The van der Waals surface area contributed by atoms with Crippen LogP contribution in [0, 0.1) is 5.82 Å². The highest BCUT2D eigenvalue weighted by Crippen LogP contribution is 2.18. The fraction of sp³-hybridized carbons (Fsp3) is 0.438. The van der Waals surface area contributed by atoms with Gasteiger partial charge in [-0.25, -0.2) is 9.18 Å². The second-order valence-electron chi connectivity index (χ2n) is 5.97. The van der Waals surface area contributed by atoms with Gasteiger partial charge in [0.1, 0.15) is 5.82 Å². The molecule has 2 N–H and O–H groups in total. The average molecular weight is 356 g/mol. The summed E-state index contributed by atoms with van der Waals surface area (Å²) in [6.45, 7) is 4.80. The van der Waals surface area contributed by atoms with E-state index in [0.29, 0.717) is 5.75 Å². The summed E-state index contributed by atoms with van der Waals surface area (Å²) in [5.41, 5.74) is -0.474. The van der Waals surface area contributed by atoms with Gasteiger partial charge in [0, 0.05) is 16.2 Å². The first kappa shape index (κ1) is 20.0. The number of halogens is 1. The molecule has 6 nitrogen and oxygen atoms in total. The fourth-order valence-corrected chi connectivity index (χ4v) is 2.37. The van der Waals surface area contributed by atoms with Gasteiger partial charge in [0.15, 0.2) is 6.61 Å². The number of benzene rings is 1. The minimum atomic E-state index is -0.698. The average Bonchev–Trinajstić information content (AvgIpc) is 2.45. The van der Waals surface area contributed by atoms with Crippen molar-refractivity contribution in [3.63, 3.8) is 0 Å². The molecule has 0 saturated carbocycles. The van der Waals surface area contributed by atoms with Gasteiger partial charge < -0.3 is 10.1 Å². The Balaban J connectivity index is 2.20. The Morgan fingerprint density at radius 1 is 1.17 bits per heavy atom. The number of urea groups is 1. The third-order valence-electron chi connectivity index (χ3n) is 2.49. The topological polar surface area (TPSA) is 84.5 Å². The van der Waals surface area contributed by atoms with Crippen LogP contribution in [-0.2, 0) is 14.3 Å². The number of ether oxygens (including phenoxy) is 1. The lowest BCUT2D eigenvalue weighted by atomic mass is 10.1. The minimum Gasteiger partial charge on any atom is -0.456 e. The molecule has 0 heterocycles. The van der Waals surface area contributed by atoms with E-state index < -0.39 is 30.1 Å². The number of hydrogen-bond donors (Lipinski definition) is 2. The number of imide groups is 1. The van der Waals surface area contributed by atoms with Crippen molar-refractivity contribution < 1.29 is 23.5 Å². The third-order valence-corrected chi connectivity index (χ3v) is 3.51. The quantitative estimate of drug-likeness (QED) is 0.604. The molecule has 132 valence electrons. The maximum absolute atomic E-state index is 12.7. The van der Waals surface area contributed by atoms with Crippen LogP contribution in [-0.4, -0.2) is 35.8 Å². The van der Waals surface area contributed by atoms with Crippen molar-refractivity contribution in [3.8, 4) is 0 Å². The normalized spacial score (nSPS) is 10.8. The lowest BCUT2D eigenvalue weighted by Crippen LogP contribution is -2.49. The first-order valence-corrected chi connectivity index (χ1v) is 8.30. The van der Waals surface area contributed by atoms with Crippen LogP contribution in [0.4, 0.5) is 9.18 Å². The Labute approximate surface area is 144 Å². The molecule has 24 heavy (non-hydrogen) atoms. The molecule has 0 aliphatic rings. The minimum absolute atomic E-state index is 0.101. The van der Waals surface area contributed by atoms with Crippen LogP contribution in [0.3, 0.4) is 0 Å². The van der Waals surface area contributed by atoms with E-state index in [1.54, 1.807) is 32.9 Å². The van der Waals surface area contributed by atoms with Gasteiger partial charge >= 0.3 is 12.0 Å². The molecule has 0 fully saturated rings. The molecule has 0 unspecified atom stereocenters. The van der Waals surface area contributed by atoms with Crippen molar-refractivity contribution >= 4 is 29.7 Å². The largest absolute Gasteiger partial charge is 0.456 e.